The number of rotatable bonds is 0. The van der Waals surface area contributed by atoms with Crippen LogP contribution in [-0.2, 0) is 0 Å². The van der Waals surface area contributed by atoms with E-state index in [9.17, 15) is 0 Å². The summed E-state index contributed by atoms with van der Waals surface area (Å²) in [7, 11) is 0. The van der Waals surface area contributed by atoms with Crippen LogP contribution in [0.1, 0.15) is 67.8 Å². The molecule has 0 aromatic carbocycles. The molecule has 0 saturated carbocycles. The molecule has 6 heteroatoms. The van der Waals surface area contributed by atoms with E-state index in [4.69, 9.17) is 0 Å². The lowest BCUT2D eigenvalue weighted by molar-refractivity contribution is 0.469. The maximum Gasteiger partial charge on any atom is 0.114 e. The van der Waals surface area contributed by atoms with Gasteiger partial charge in [-0.1, -0.05) is 62.8 Å². The van der Waals surface area contributed by atoms with E-state index in [0.717, 1.165) is 5.01 Å². The van der Waals surface area contributed by atoms with Crippen molar-refractivity contribution >= 4 is 22.7 Å². The Morgan fingerprint density at radius 3 is 1.18 bits per heavy atom. The average molecular weight is 347 g/mol. The van der Waals surface area contributed by atoms with E-state index in [-0.39, 0.29) is 7.43 Å². The summed E-state index contributed by atoms with van der Waals surface area (Å²) >= 11 is 3.05. The number of aryl methyl sites for hydroxylation is 1. The summed E-state index contributed by atoms with van der Waals surface area (Å²) in [5.41, 5.74) is 6.08. The van der Waals surface area contributed by atoms with Gasteiger partial charge in [0, 0.05) is 0 Å². The highest BCUT2D eigenvalue weighted by molar-refractivity contribution is 7.09. The molecular weight excluding hydrogens is 312 g/mol. The van der Waals surface area contributed by atoms with Crippen LogP contribution in [0.25, 0.3) is 0 Å². The Bertz CT molecular complexity index is 357. The lowest BCUT2D eigenvalue weighted by Gasteiger charge is -2.05. The molecule has 2 aromatic rings. The molecule has 2 rings (SSSR count). The van der Waals surface area contributed by atoms with Crippen LogP contribution in [0.4, 0.5) is 0 Å². The number of nitrogens with zero attached hydrogens (tertiary/aromatic N) is 4. The van der Waals surface area contributed by atoms with Crippen molar-refractivity contribution in [2.75, 3.05) is 0 Å². The monoisotopic (exact) mass is 346 g/mol. The van der Waals surface area contributed by atoms with E-state index in [2.05, 4.69) is 75.8 Å². The molecule has 2 heterocycles. The van der Waals surface area contributed by atoms with Crippen molar-refractivity contribution in [1.82, 2.24) is 20.4 Å². The second kappa shape index (κ2) is 13.8. The third kappa shape index (κ3) is 50.8. The van der Waals surface area contributed by atoms with Crippen molar-refractivity contribution in [3.8, 4) is 0 Å². The van der Waals surface area contributed by atoms with Crippen LogP contribution in [0, 0.1) is 17.8 Å². The molecule has 0 bridgehead atoms. The van der Waals surface area contributed by atoms with Gasteiger partial charge in [0.2, 0.25) is 0 Å². The molecule has 0 amide bonds. The van der Waals surface area contributed by atoms with E-state index in [0.29, 0.717) is 10.8 Å². The fourth-order valence-electron chi connectivity index (χ4n) is 0.364. The van der Waals surface area contributed by atoms with Crippen LogP contribution in [-0.4, -0.2) is 20.4 Å². The maximum absolute atomic E-state index is 3.69. The molecule has 0 fully saturated rings. The zero-order chi connectivity index (χ0) is 16.9. The summed E-state index contributed by atoms with van der Waals surface area (Å²) in [6, 6.07) is 0. The molecule has 0 saturated heterocycles. The van der Waals surface area contributed by atoms with Crippen molar-refractivity contribution < 1.29 is 0 Å². The maximum atomic E-state index is 3.69. The number of aromatic nitrogens is 4. The number of hydrogen-bond acceptors (Lipinski definition) is 6. The van der Waals surface area contributed by atoms with Crippen LogP contribution in [0.2, 0.25) is 0 Å². The zero-order valence-corrected chi connectivity index (χ0v) is 16.5. The van der Waals surface area contributed by atoms with Gasteiger partial charge >= 0.3 is 0 Å². The molecule has 0 radical (unpaired) electrons. The van der Waals surface area contributed by atoms with Gasteiger partial charge in [0.05, 0.1) is 0 Å². The van der Waals surface area contributed by atoms with E-state index < -0.39 is 0 Å². The van der Waals surface area contributed by atoms with Crippen molar-refractivity contribution in [3.05, 3.63) is 21.5 Å². The van der Waals surface area contributed by atoms with Crippen molar-refractivity contribution in [3.63, 3.8) is 0 Å². The van der Waals surface area contributed by atoms with Crippen LogP contribution < -0.4 is 0 Å². The first-order chi connectivity index (χ1) is 9.39. The zero-order valence-electron chi connectivity index (χ0n) is 14.8. The smallest absolute Gasteiger partial charge is 0.114 e. The van der Waals surface area contributed by atoms with E-state index in [1.807, 2.05) is 6.92 Å². The molecule has 0 aliphatic rings. The first kappa shape index (κ1) is 26.0. The quantitative estimate of drug-likeness (QED) is 0.576. The van der Waals surface area contributed by atoms with Gasteiger partial charge < -0.3 is 0 Å². The Labute approximate surface area is 145 Å². The first-order valence-electron chi connectivity index (χ1n) is 6.81. The topological polar surface area (TPSA) is 51.6 Å². The normalized spacial score (nSPS) is 9.68. The van der Waals surface area contributed by atoms with Gasteiger partial charge in [-0.3, -0.25) is 0 Å². The minimum atomic E-state index is 0. The van der Waals surface area contributed by atoms with Crippen molar-refractivity contribution in [2.24, 2.45) is 10.8 Å². The van der Waals surface area contributed by atoms with Gasteiger partial charge in [-0.25, -0.2) is 0 Å². The molecule has 0 aliphatic heterocycles. The molecule has 0 atom stereocenters. The summed E-state index contributed by atoms with van der Waals surface area (Å²) in [5.74, 6) is 0. The second-order valence-corrected chi connectivity index (χ2v) is 9.27. The summed E-state index contributed by atoms with van der Waals surface area (Å²) in [4.78, 5) is 0. The Morgan fingerprint density at radius 2 is 1.09 bits per heavy atom. The minimum Gasteiger partial charge on any atom is -0.147 e. The predicted octanol–water partition coefficient (Wildman–Crippen LogP) is 6.13. The van der Waals surface area contributed by atoms with Crippen molar-refractivity contribution in [2.45, 2.75) is 69.7 Å². The summed E-state index contributed by atoms with van der Waals surface area (Å²) in [6.07, 6.45) is 0. The van der Waals surface area contributed by atoms with Crippen LogP contribution in [0.3, 0.4) is 0 Å². The summed E-state index contributed by atoms with van der Waals surface area (Å²) in [5, 5.41) is 15.3. The molecule has 0 unspecified atom stereocenters. The Hall–Kier alpha value is -0.880. The van der Waals surface area contributed by atoms with Crippen LogP contribution >= 0.6 is 22.7 Å². The fraction of sp³-hybridized carbons (Fsp3) is 0.750. The predicted molar refractivity (Wildman–Crippen MR) is 102 cm³/mol. The van der Waals surface area contributed by atoms with E-state index >= 15 is 0 Å². The Morgan fingerprint density at radius 1 is 0.727 bits per heavy atom. The van der Waals surface area contributed by atoms with Gasteiger partial charge in [-0.15, -0.1) is 43.1 Å². The Balaban J connectivity index is -0.000000217. The Kier molecular flexibility index (Phi) is 16.3. The fourth-order valence-corrected chi connectivity index (χ4v) is 0.978. The third-order valence-corrected chi connectivity index (χ3v) is 1.81. The minimum absolute atomic E-state index is 0. The SMILES string of the molecule is C.CC(C)(C)C.CC(C)(C)C.Cc1nncs1.c1nncs1. The van der Waals surface area contributed by atoms with Gasteiger partial charge in [-0.2, -0.15) is 0 Å². The van der Waals surface area contributed by atoms with E-state index in [1.165, 1.54) is 11.3 Å². The third-order valence-electron chi connectivity index (χ3n) is 0.752. The summed E-state index contributed by atoms with van der Waals surface area (Å²) < 4.78 is 0. The van der Waals surface area contributed by atoms with Gasteiger partial charge in [0.1, 0.15) is 21.5 Å². The lowest BCUT2D eigenvalue weighted by Crippen LogP contribution is -1.93. The van der Waals surface area contributed by atoms with Gasteiger partial charge in [0.15, 0.2) is 0 Å². The molecule has 0 N–H and O–H groups in total. The molecule has 4 nitrogen and oxygen atoms in total. The second-order valence-electron chi connectivity index (χ2n) is 7.54. The van der Waals surface area contributed by atoms with Crippen LogP contribution in [0.15, 0.2) is 16.5 Å². The lowest BCUT2D eigenvalue weighted by atomic mass is 10.0. The summed E-state index contributed by atoms with van der Waals surface area (Å²) in [6.45, 7) is 19.4. The largest absolute Gasteiger partial charge is 0.147 e. The van der Waals surface area contributed by atoms with Gasteiger partial charge in [0.25, 0.3) is 0 Å². The van der Waals surface area contributed by atoms with Crippen LogP contribution in [0.5, 0.6) is 0 Å². The standard InChI is InChI=1S/2C5H12.C3H4N2S.C2H2N2S.CH4/c2*1-5(2,3)4;1-3-5-4-2-6-3;1-3-4-2-5-1;/h2*1-4H3;2H,1H3;1-2H;1H4. The highest BCUT2D eigenvalue weighted by Gasteiger charge is 1.96. The molecular formula is C16H34N4S2. The first-order valence-corrected chi connectivity index (χ1v) is 8.63. The molecule has 22 heavy (non-hydrogen) atoms. The molecule has 0 spiro atoms. The van der Waals surface area contributed by atoms with E-state index in [1.54, 1.807) is 27.9 Å². The highest BCUT2D eigenvalue weighted by Crippen LogP contribution is 2.08. The molecule has 0 aliphatic carbocycles. The molecule has 2 aromatic heterocycles. The average Bonchev–Trinajstić information content (AvgIpc) is 2.84. The van der Waals surface area contributed by atoms with Crippen molar-refractivity contribution in [1.29, 1.82) is 0 Å². The molecule has 130 valence electrons. The number of hydrogen-bond donors (Lipinski definition) is 0. The highest BCUT2D eigenvalue weighted by atomic mass is 32.1. The van der Waals surface area contributed by atoms with Gasteiger partial charge in [-0.05, 0) is 17.8 Å².